The molecule has 0 aliphatic rings. The molecule has 0 heterocycles. The Bertz CT molecular complexity index is 732. The van der Waals surface area contributed by atoms with Crippen LogP contribution in [0.3, 0.4) is 0 Å². The normalized spacial score (nSPS) is 11.0. The molecular weight excluding hydrogens is 304 g/mol. The first-order valence-corrected chi connectivity index (χ1v) is 7.74. The van der Waals surface area contributed by atoms with Crippen LogP contribution in [0.4, 0.5) is 0 Å². The molecule has 0 spiro atoms. The van der Waals surface area contributed by atoms with Crippen LogP contribution < -0.4 is 4.74 Å². The van der Waals surface area contributed by atoms with Gasteiger partial charge in [0.2, 0.25) is 0 Å². The quantitative estimate of drug-likeness (QED) is 0.440. The summed E-state index contributed by atoms with van der Waals surface area (Å²) >= 11 is 0. The number of Topliss-reactive ketones (excluding diaryl/α,β-unsaturated/α-hetero) is 1. The maximum atomic E-state index is 12.4. The number of methoxy groups -OCH3 is 1. The molecule has 0 amide bonds. The van der Waals surface area contributed by atoms with Gasteiger partial charge in [0.25, 0.3) is 0 Å². The molecule has 24 heavy (non-hydrogen) atoms. The van der Waals surface area contributed by atoms with Gasteiger partial charge in [0.15, 0.2) is 5.78 Å². The van der Waals surface area contributed by atoms with E-state index in [4.69, 9.17) is 9.47 Å². The molecule has 0 aliphatic carbocycles. The Labute approximate surface area is 141 Å². The zero-order valence-electron chi connectivity index (χ0n) is 13.8. The van der Waals surface area contributed by atoms with Crippen molar-refractivity contribution in [2.24, 2.45) is 0 Å². The molecule has 0 unspecified atom stereocenters. The largest absolute Gasteiger partial charge is 0.496 e. The van der Waals surface area contributed by atoms with Gasteiger partial charge in [-0.3, -0.25) is 4.79 Å². The number of carbonyl (C=O) groups is 2. The van der Waals surface area contributed by atoms with Crippen molar-refractivity contribution < 1.29 is 19.1 Å². The fraction of sp³-hybridized carbons (Fsp3) is 0.200. The maximum Gasteiger partial charge on any atom is 0.334 e. The fourth-order valence-corrected chi connectivity index (χ4v) is 2.28. The van der Waals surface area contributed by atoms with Crippen LogP contribution in [0.25, 0.3) is 6.08 Å². The molecule has 0 fully saturated rings. The van der Waals surface area contributed by atoms with Crippen LogP contribution in [0.2, 0.25) is 0 Å². The third kappa shape index (κ3) is 4.56. The Morgan fingerprint density at radius 3 is 2.33 bits per heavy atom. The molecule has 0 radical (unpaired) electrons. The number of rotatable bonds is 7. The van der Waals surface area contributed by atoms with Gasteiger partial charge in [0, 0.05) is 23.1 Å². The first-order valence-electron chi connectivity index (χ1n) is 7.74. The van der Waals surface area contributed by atoms with E-state index in [2.05, 4.69) is 0 Å². The Kier molecular flexibility index (Phi) is 6.32. The number of ketones is 1. The van der Waals surface area contributed by atoms with Gasteiger partial charge in [-0.15, -0.1) is 0 Å². The van der Waals surface area contributed by atoms with Gasteiger partial charge in [0.1, 0.15) is 5.75 Å². The standard InChI is InChI=1S/C20H20O4/c1-3-24-20(22)17(13-16-11-7-8-12-19(16)23-2)14-18(21)15-9-5-4-6-10-15/h4-13H,3,14H2,1-2H3/b17-13+. The molecule has 4 nitrogen and oxygen atoms in total. The molecule has 2 aromatic rings. The Hall–Kier alpha value is -2.88. The van der Waals surface area contributed by atoms with Crippen LogP contribution >= 0.6 is 0 Å². The van der Waals surface area contributed by atoms with E-state index in [1.807, 2.05) is 24.3 Å². The second kappa shape index (κ2) is 8.67. The van der Waals surface area contributed by atoms with Crippen LogP contribution in [0.5, 0.6) is 5.75 Å². The summed E-state index contributed by atoms with van der Waals surface area (Å²) in [7, 11) is 1.56. The van der Waals surface area contributed by atoms with Gasteiger partial charge in [-0.2, -0.15) is 0 Å². The molecule has 4 heteroatoms. The third-order valence-electron chi connectivity index (χ3n) is 3.45. The summed E-state index contributed by atoms with van der Waals surface area (Å²) < 4.78 is 10.4. The summed E-state index contributed by atoms with van der Waals surface area (Å²) in [6.45, 7) is 1.99. The van der Waals surface area contributed by atoms with Crippen LogP contribution in [0.1, 0.15) is 29.3 Å². The van der Waals surface area contributed by atoms with Gasteiger partial charge in [-0.1, -0.05) is 48.5 Å². The van der Waals surface area contributed by atoms with E-state index < -0.39 is 5.97 Å². The molecule has 2 aromatic carbocycles. The molecule has 0 aliphatic heterocycles. The molecule has 0 bridgehead atoms. The van der Waals surface area contributed by atoms with Crippen LogP contribution in [0, 0.1) is 0 Å². The molecule has 2 rings (SSSR count). The van der Waals surface area contributed by atoms with E-state index >= 15 is 0 Å². The van der Waals surface area contributed by atoms with Crippen molar-refractivity contribution in [1.29, 1.82) is 0 Å². The predicted molar refractivity (Wildman–Crippen MR) is 93.0 cm³/mol. The van der Waals surface area contributed by atoms with Gasteiger partial charge >= 0.3 is 5.97 Å². The predicted octanol–water partition coefficient (Wildman–Crippen LogP) is 3.91. The van der Waals surface area contributed by atoms with E-state index in [0.717, 1.165) is 5.56 Å². The van der Waals surface area contributed by atoms with Crippen molar-refractivity contribution in [3.05, 3.63) is 71.3 Å². The number of hydrogen-bond acceptors (Lipinski definition) is 4. The fourth-order valence-electron chi connectivity index (χ4n) is 2.28. The molecule has 0 atom stereocenters. The Balaban J connectivity index is 2.33. The minimum Gasteiger partial charge on any atom is -0.496 e. The lowest BCUT2D eigenvalue weighted by atomic mass is 10.0. The maximum absolute atomic E-state index is 12.4. The first kappa shape index (κ1) is 17.5. The lowest BCUT2D eigenvalue weighted by Gasteiger charge is -2.09. The topological polar surface area (TPSA) is 52.6 Å². The monoisotopic (exact) mass is 324 g/mol. The molecule has 124 valence electrons. The van der Waals surface area contributed by atoms with Crippen molar-refractivity contribution in [2.45, 2.75) is 13.3 Å². The van der Waals surface area contributed by atoms with E-state index in [-0.39, 0.29) is 18.8 Å². The molecule has 0 saturated heterocycles. The van der Waals surface area contributed by atoms with Gasteiger partial charge in [0.05, 0.1) is 13.7 Å². The summed E-state index contributed by atoms with van der Waals surface area (Å²) in [5.74, 6) is 0.00365. The smallest absolute Gasteiger partial charge is 0.334 e. The van der Waals surface area contributed by atoms with Crippen molar-refractivity contribution in [3.8, 4) is 5.75 Å². The van der Waals surface area contributed by atoms with Crippen molar-refractivity contribution in [1.82, 2.24) is 0 Å². The number of carbonyl (C=O) groups excluding carboxylic acids is 2. The van der Waals surface area contributed by atoms with Crippen LogP contribution in [0.15, 0.2) is 60.2 Å². The third-order valence-corrected chi connectivity index (χ3v) is 3.45. The lowest BCUT2D eigenvalue weighted by Crippen LogP contribution is -2.12. The van der Waals surface area contributed by atoms with Gasteiger partial charge < -0.3 is 9.47 Å². The van der Waals surface area contributed by atoms with Gasteiger partial charge in [-0.05, 0) is 19.1 Å². The summed E-state index contributed by atoms with van der Waals surface area (Å²) in [5.41, 5.74) is 1.59. The first-order chi connectivity index (χ1) is 11.7. The number of esters is 1. The van der Waals surface area contributed by atoms with E-state index in [1.54, 1.807) is 50.4 Å². The summed E-state index contributed by atoms with van der Waals surface area (Å²) in [4.78, 5) is 24.7. The average molecular weight is 324 g/mol. The SMILES string of the molecule is CCOC(=O)/C(=C/c1ccccc1OC)CC(=O)c1ccccc1. The number of para-hydroxylation sites is 1. The molecular formula is C20H20O4. The average Bonchev–Trinajstić information content (AvgIpc) is 2.62. The summed E-state index contributed by atoms with van der Waals surface area (Å²) in [6, 6.07) is 16.2. The highest BCUT2D eigenvalue weighted by Gasteiger charge is 2.17. The Morgan fingerprint density at radius 2 is 1.67 bits per heavy atom. The van der Waals surface area contributed by atoms with Crippen LogP contribution in [-0.2, 0) is 9.53 Å². The highest BCUT2D eigenvalue weighted by atomic mass is 16.5. The Morgan fingerprint density at radius 1 is 1.00 bits per heavy atom. The zero-order valence-corrected chi connectivity index (χ0v) is 13.8. The van der Waals surface area contributed by atoms with E-state index in [9.17, 15) is 9.59 Å². The van der Waals surface area contributed by atoms with Crippen molar-refractivity contribution >= 4 is 17.8 Å². The lowest BCUT2D eigenvalue weighted by molar-refractivity contribution is -0.138. The van der Waals surface area contributed by atoms with Gasteiger partial charge in [-0.25, -0.2) is 4.79 Å². The molecule has 0 N–H and O–H groups in total. The highest BCUT2D eigenvalue weighted by Crippen LogP contribution is 2.23. The van der Waals surface area contributed by atoms with Crippen molar-refractivity contribution in [3.63, 3.8) is 0 Å². The second-order valence-corrected chi connectivity index (χ2v) is 5.10. The minimum atomic E-state index is -0.493. The highest BCUT2D eigenvalue weighted by molar-refractivity contribution is 6.05. The number of hydrogen-bond donors (Lipinski definition) is 0. The summed E-state index contributed by atoms with van der Waals surface area (Å²) in [6.07, 6.45) is 1.62. The molecule has 0 saturated carbocycles. The summed E-state index contributed by atoms with van der Waals surface area (Å²) in [5, 5.41) is 0. The molecule has 0 aromatic heterocycles. The second-order valence-electron chi connectivity index (χ2n) is 5.10. The van der Waals surface area contributed by atoms with Crippen molar-refractivity contribution in [2.75, 3.05) is 13.7 Å². The zero-order chi connectivity index (χ0) is 17.4. The minimum absolute atomic E-state index is 0.0269. The van der Waals surface area contributed by atoms with E-state index in [0.29, 0.717) is 16.9 Å². The number of benzene rings is 2. The number of ether oxygens (including phenoxy) is 2. The van der Waals surface area contributed by atoms with E-state index in [1.165, 1.54) is 0 Å². The van der Waals surface area contributed by atoms with Crippen LogP contribution in [-0.4, -0.2) is 25.5 Å².